The fourth-order valence-corrected chi connectivity index (χ4v) is 4.53. The Morgan fingerprint density at radius 2 is 2.27 bits per heavy atom. The second-order valence-corrected chi connectivity index (χ2v) is 7.78. The monoisotopic (exact) mass is 375 g/mol. The number of amides is 2. The van der Waals surface area contributed by atoms with Gasteiger partial charge < -0.3 is 19.5 Å². The Morgan fingerprint density at radius 1 is 1.42 bits per heavy atom. The minimum absolute atomic E-state index is 0.0654. The number of carbonyl (C=O) groups is 2. The lowest BCUT2D eigenvalue weighted by molar-refractivity contribution is -0.127. The van der Waals surface area contributed by atoms with Gasteiger partial charge in [-0.15, -0.1) is 11.3 Å². The standard InChI is InChI=1S/C18H21N3O4S/c1-10-15(11(2)25-20-10)18(23)21-9-13(16-14(21)5-6-24-16)17(22)19-8-12-4-3-7-26-12/h3-4,7,13-14,16H,5-6,8-9H2,1-2H3,(H,19,22)/t13-,14-,16-/m0/s1. The summed E-state index contributed by atoms with van der Waals surface area (Å²) in [6, 6.07) is 3.87. The van der Waals surface area contributed by atoms with Crippen molar-refractivity contribution in [3.8, 4) is 0 Å². The first-order valence-corrected chi connectivity index (χ1v) is 9.59. The number of likely N-dealkylation sites (tertiary alicyclic amines) is 1. The van der Waals surface area contributed by atoms with E-state index in [1.807, 2.05) is 17.5 Å². The Bertz CT molecular complexity index is 797. The van der Waals surface area contributed by atoms with Gasteiger partial charge in [-0.1, -0.05) is 11.2 Å². The van der Waals surface area contributed by atoms with Crippen LogP contribution in [0.25, 0.3) is 0 Å². The summed E-state index contributed by atoms with van der Waals surface area (Å²) in [7, 11) is 0. The van der Waals surface area contributed by atoms with Crippen LogP contribution in [0.15, 0.2) is 22.0 Å². The van der Waals surface area contributed by atoms with Crippen molar-refractivity contribution in [3.63, 3.8) is 0 Å². The van der Waals surface area contributed by atoms with Gasteiger partial charge in [0.05, 0.1) is 30.3 Å². The van der Waals surface area contributed by atoms with Crippen molar-refractivity contribution in [2.45, 2.75) is 39.0 Å². The van der Waals surface area contributed by atoms with Gasteiger partial charge in [0.2, 0.25) is 5.91 Å². The number of rotatable bonds is 4. The SMILES string of the molecule is Cc1noc(C)c1C(=O)N1C[C@H](C(=O)NCc2cccs2)[C@@H]2OCC[C@@H]21. The summed E-state index contributed by atoms with van der Waals surface area (Å²) in [4.78, 5) is 28.6. The highest BCUT2D eigenvalue weighted by atomic mass is 32.1. The molecule has 2 aromatic heterocycles. The molecule has 2 aliphatic rings. The Morgan fingerprint density at radius 3 is 2.96 bits per heavy atom. The molecule has 0 aromatic carbocycles. The Balaban J connectivity index is 1.50. The summed E-state index contributed by atoms with van der Waals surface area (Å²) in [5, 5.41) is 8.84. The van der Waals surface area contributed by atoms with E-state index in [0.29, 0.717) is 36.7 Å². The molecule has 0 spiro atoms. The number of aromatic nitrogens is 1. The molecule has 1 N–H and O–H groups in total. The summed E-state index contributed by atoms with van der Waals surface area (Å²) in [5.41, 5.74) is 1.07. The zero-order valence-corrected chi connectivity index (χ0v) is 15.5. The van der Waals surface area contributed by atoms with Crippen molar-refractivity contribution in [1.82, 2.24) is 15.4 Å². The van der Waals surface area contributed by atoms with Crippen molar-refractivity contribution in [1.29, 1.82) is 0 Å². The predicted octanol–water partition coefficient (Wildman–Crippen LogP) is 1.90. The molecule has 8 heteroatoms. The van der Waals surface area contributed by atoms with Crippen LogP contribution < -0.4 is 5.32 Å². The summed E-state index contributed by atoms with van der Waals surface area (Å²) >= 11 is 1.61. The van der Waals surface area contributed by atoms with Gasteiger partial charge in [-0.3, -0.25) is 9.59 Å². The molecule has 3 atom stereocenters. The molecule has 2 amide bonds. The average molecular weight is 375 g/mol. The number of hydrogen-bond donors (Lipinski definition) is 1. The van der Waals surface area contributed by atoms with Gasteiger partial charge in [0.1, 0.15) is 11.3 Å². The fourth-order valence-electron chi connectivity index (χ4n) is 3.88. The highest BCUT2D eigenvalue weighted by molar-refractivity contribution is 7.09. The average Bonchev–Trinajstić information content (AvgIpc) is 3.37. The molecule has 138 valence electrons. The molecule has 4 rings (SSSR count). The molecule has 2 saturated heterocycles. The van der Waals surface area contributed by atoms with Crippen molar-refractivity contribution < 1.29 is 18.8 Å². The number of fused-ring (bicyclic) bond motifs is 1. The molecule has 7 nitrogen and oxygen atoms in total. The van der Waals surface area contributed by atoms with E-state index in [9.17, 15) is 9.59 Å². The van der Waals surface area contributed by atoms with Gasteiger partial charge in [0, 0.05) is 18.0 Å². The number of nitrogens with zero attached hydrogens (tertiary/aromatic N) is 2. The largest absolute Gasteiger partial charge is 0.375 e. The van der Waals surface area contributed by atoms with Gasteiger partial charge in [0.15, 0.2) is 0 Å². The highest BCUT2D eigenvalue weighted by Gasteiger charge is 2.51. The van der Waals surface area contributed by atoms with Crippen molar-refractivity contribution >= 4 is 23.2 Å². The Hall–Kier alpha value is -2.19. The third kappa shape index (κ3) is 2.93. The van der Waals surface area contributed by atoms with E-state index in [0.717, 1.165) is 11.3 Å². The minimum Gasteiger partial charge on any atom is -0.375 e. The molecule has 2 fully saturated rings. The zero-order chi connectivity index (χ0) is 18.3. The number of hydrogen-bond acceptors (Lipinski definition) is 6. The van der Waals surface area contributed by atoms with Crippen LogP contribution in [0.5, 0.6) is 0 Å². The van der Waals surface area contributed by atoms with Crippen LogP contribution in [0, 0.1) is 19.8 Å². The molecule has 4 heterocycles. The van der Waals surface area contributed by atoms with E-state index in [1.54, 1.807) is 30.1 Å². The van der Waals surface area contributed by atoms with Crippen molar-refractivity contribution in [2.75, 3.05) is 13.2 Å². The maximum atomic E-state index is 13.0. The summed E-state index contributed by atoms with van der Waals surface area (Å²) in [6.45, 7) is 4.91. The van der Waals surface area contributed by atoms with Crippen LogP contribution >= 0.6 is 11.3 Å². The molecule has 0 saturated carbocycles. The van der Waals surface area contributed by atoms with E-state index in [1.165, 1.54) is 0 Å². The second-order valence-electron chi connectivity index (χ2n) is 6.75. The van der Waals surface area contributed by atoms with Gasteiger partial charge in [-0.2, -0.15) is 0 Å². The molecule has 0 radical (unpaired) electrons. The van der Waals surface area contributed by atoms with Crippen LogP contribution in [-0.2, 0) is 16.1 Å². The summed E-state index contributed by atoms with van der Waals surface area (Å²) in [6.07, 6.45) is 0.497. The molecule has 26 heavy (non-hydrogen) atoms. The first kappa shape index (κ1) is 17.2. The quantitative estimate of drug-likeness (QED) is 0.882. The van der Waals surface area contributed by atoms with Gasteiger partial charge in [-0.05, 0) is 31.7 Å². The minimum atomic E-state index is -0.355. The van der Waals surface area contributed by atoms with Crippen LogP contribution in [0.1, 0.15) is 33.1 Å². The van der Waals surface area contributed by atoms with Gasteiger partial charge >= 0.3 is 0 Å². The van der Waals surface area contributed by atoms with Crippen molar-refractivity contribution in [2.24, 2.45) is 5.92 Å². The number of aryl methyl sites for hydroxylation is 2. The molecule has 0 aliphatic carbocycles. The van der Waals surface area contributed by atoms with E-state index < -0.39 is 0 Å². The molecule has 2 aliphatic heterocycles. The van der Waals surface area contributed by atoms with E-state index in [-0.39, 0.29) is 29.9 Å². The maximum Gasteiger partial charge on any atom is 0.259 e. The molecule has 0 unspecified atom stereocenters. The maximum absolute atomic E-state index is 13.0. The van der Waals surface area contributed by atoms with Crippen LogP contribution in [-0.4, -0.2) is 47.2 Å². The van der Waals surface area contributed by atoms with E-state index >= 15 is 0 Å². The lowest BCUT2D eigenvalue weighted by Crippen LogP contribution is -2.37. The summed E-state index contributed by atoms with van der Waals surface area (Å²) in [5.74, 6) is -0.0416. The number of carbonyl (C=O) groups excluding carboxylic acids is 2. The summed E-state index contributed by atoms with van der Waals surface area (Å²) < 4.78 is 10.9. The molecule has 2 aromatic rings. The highest BCUT2D eigenvalue weighted by Crippen LogP contribution is 2.35. The van der Waals surface area contributed by atoms with Crippen LogP contribution in [0.2, 0.25) is 0 Å². The number of nitrogens with one attached hydrogen (secondary N) is 1. The van der Waals surface area contributed by atoms with E-state index in [4.69, 9.17) is 9.26 Å². The normalized spacial score (nSPS) is 24.7. The molecular weight excluding hydrogens is 354 g/mol. The third-order valence-electron chi connectivity index (χ3n) is 5.16. The van der Waals surface area contributed by atoms with E-state index in [2.05, 4.69) is 10.5 Å². The predicted molar refractivity (Wildman–Crippen MR) is 94.8 cm³/mol. The Kier molecular flexibility index (Phi) is 4.54. The first-order valence-electron chi connectivity index (χ1n) is 8.72. The third-order valence-corrected chi connectivity index (χ3v) is 6.03. The van der Waals surface area contributed by atoms with Crippen LogP contribution in [0.3, 0.4) is 0 Å². The topological polar surface area (TPSA) is 84.7 Å². The number of ether oxygens (including phenoxy) is 1. The molecule has 0 bridgehead atoms. The number of thiophene rings is 1. The lowest BCUT2D eigenvalue weighted by atomic mass is 10.0. The zero-order valence-electron chi connectivity index (χ0n) is 14.7. The smallest absolute Gasteiger partial charge is 0.259 e. The van der Waals surface area contributed by atoms with Gasteiger partial charge in [-0.25, -0.2) is 0 Å². The fraction of sp³-hybridized carbons (Fsp3) is 0.500. The Labute approximate surface area is 155 Å². The van der Waals surface area contributed by atoms with Crippen molar-refractivity contribution in [3.05, 3.63) is 39.4 Å². The molecular formula is C18H21N3O4S. The lowest BCUT2D eigenvalue weighted by Gasteiger charge is -2.22. The van der Waals surface area contributed by atoms with Gasteiger partial charge in [0.25, 0.3) is 5.91 Å². The first-order chi connectivity index (χ1) is 12.6. The second kappa shape index (κ2) is 6.85. The van der Waals surface area contributed by atoms with Crippen LogP contribution in [0.4, 0.5) is 0 Å².